The van der Waals surface area contributed by atoms with Crippen molar-refractivity contribution < 1.29 is 9.90 Å². The number of nitrogens with zero attached hydrogens (tertiary/aromatic N) is 1. The third-order valence-corrected chi connectivity index (χ3v) is 3.86. The van der Waals surface area contributed by atoms with E-state index in [1.165, 1.54) is 0 Å². The van der Waals surface area contributed by atoms with Gasteiger partial charge in [-0.25, -0.2) is 0 Å². The van der Waals surface area contributed by atoms with Gasteiger partial charge in [-0.15, -0.1) is 0 Å². The van der Waals surface area contributed by atoms with E-state index < -0.39 is 0 Å². The molecule has 1 saturated carbocycles. The van der Waals surface area contributed by atoms with Gasteiger partial charge in [0.15, 0.2) is 0 Å². The van der Waals surface area contributed by atoms with E-state index in [0.717, 1.165) is 24.9 Å². The van der Waals surface area contributed by atoms with E-state index in [1.807, 2.05) is 13.0 Å². The van der Waals surface area contributed by atoms with Gasteiger partial charge in [-0.05, 0) is 31.9 Å². The number of anilines is 1. The Bertz CT molecular complexity index is 436. The zero-order valence-electron chi connectivity index (χ0n) is 10.7. The number of hydrogen-bond acceptors (Lipinski definition) is 3. The number of benzene rings is 1. The minimum atomic E-state index is -0.374. The fourth-order valence-corrected chi connectivity index (χ4v) is 2.50. The zero-order chi connectivity index (χ0) is 13.2. The van der Waals surface area contributed by atoms with E-state index in [9.17, 15) is 9.90 Å². The normalized spacial score (nSPS) is 17.0. The van der Waals surface area contributed by atoms with Gasteiger partial charge >= 0.3 is 0 Å². The Labute approximate surface area is 107 Å². The highest BCUT2D eigenvalue weighted by molar-refractivity contribution is 5.98. The average Bonchev–Trinajstić information content (AvgIpc) is 2.29. The first kappa shape index (κ1) is 12.9. The first-order chi connectivity index (χ1) is 8.63. The van der Waals surface area contributed by atoms with Crippen molar-refractivity contribution >= 4 is 11.6 Å². The predicted molar refractivity (Wildman–Crippen MR) is 71.5 cm³/mol. The van der Waals surface area contributed by atoms with Crippen LogP contribution in [0.2, 0.25) is 0 Å². The van der Waals surface area contributed by atoms with Crippen molar-refractivity contribution in [3.8, 4) is 5.75 Å². The third kappa shape index (κ3) is 2.08. The fourth-order valence-electron chi connectivity index (χ4n) is 2.50. The zero-order valence-corrected chi connectivity index (χ0v) is 10.7. The van der Waals surface area contributed by atoms with Gasteiger partial charge < -0.3 is 15.7 Å². The Kier molecular flexibility index (Phi) is 3.57. The standard InChI is InChI=1S/C14H20N2O2/c1-2-16(11-5-3-6-12(17)9-11)13(18)14(10-15)7-4-8-14/h3,5-6,9,17H,2,4,7-8,10,15H2,1H3. The average molecular weight is 248 g/mol. The highest BCUT2D eigenvalue weighted by Crippen LogP contribution is 2.42. The second-order valence-corrected chi connectivity index (χ2v) is 4.91. The quantitative estimate of drug-likeness (QED) is 0.855. The summed E-state index contributed by atoms with van der Waals surface area (Å²) in [6.45, 7) is 2.93. The topological polar surface area (TPSA) is 66.6 Å². The summed E-state index contributed by atoms with van der Waals surface area (Å²) in [5.41, 5.74) is 6.14. The van der Waals surface area contributed by atoms with Gasteiger partial charge in [0.25, 0.3) is 0 Å². The molecule has 18 heavy (non-hydrogen) atoms. The van der Waals surface area contributed by atoms with Crippen LogP contribution < -0.4 is 10.6 Å². The lowest BCUT2D eigenvalue weighted by Crippen LogP contribution is -2.52. The van der Waals surface area contributed by atoms with E-state index in [1.54, 1.807) is 23.1 Å². The predicted octanol–water partition coefficient (Wildman–Crippen LogP) is 1.87. The molecule has 1 aromatic carbocycles. The molecule has 98 valence electrons. The summed E-state index contributed by atoms with van der Waals surface area (Å²) in [6.07, 6.45) is 2.82. The molecule has 0 atom stereocenters. The molecule has 4 nitrogen and oxygen atoms in total. The molecule has 0 aromatic heterocycles. The molecule has 1 amide bonds. The second-order valence-electron chi connectivity index (χ2n) is 4.91. The number of hydrogen-bond donors (Lipinski definition) is 2. The van der Waals surface area contributed by atoms with Crippen molar-refractivity contribution in [1.29, 1.82) is 0 Å². The molecule has 0 unspecified atom stereocenters. The minimum Gasteiger partial charge on any atom is -0.508 e. The molecular weight excluding hydrogens is 228 g/mol. The maximum Gasteiger partial charge on any atom is 0.234 e. The summed E-state index contributed by atoms with van der Waals surface area (Å²) >= 11 is 0. The van der Waals surface area contributed by atoms with Crippen LogP contribution in [-0.4, -0.2) is 24.1 Å². The van der Waals surface area contributed by atoms with Crippen LogP contribution in [0, 0.1) is 5.41 Å². The third-order valence-electron chi connectivity index (χ3n) is 3.86. The molecule has 1 aliphatic rings. The maximum absolute atomic E-state index is 12.6. The largest absolute Gasteiger partial charge is 0.508 e. The molecule has 0 heterocycles. The van der Waals surface area contributed by atoms with Gasteiger partial charge in [0.2, 0.25) is 5.91 Å². The number of carbonyl (C=O) groups excluding carboxylic acids is 1. The van der Waals surface area contributed by atoms with Crippen LogP contribution in [0.1, 0.15) is 26.2 Å². The summed E-state index contributed by atoms with van der Waals surface area (Å²) in [4.78, 5) is 14.3. The molecule has 3 N–H and O–H groups in total. The van der Waals surface area contributed by atoms with Crippen molar-refractivity contribution in [1.82, 2.24) is 0 Å². The first-order valence-electron chi connectivity index (χ1n) is 6.44. The van der Waals surface area contributed by atoms with Crippen molar-refractivity contribution in [2.75, 3.05) is 18.0 Å². The minimum absolute atomic E-state index is 0.0874. The molecule has 0 aliphatic heterocycles. The van der Waals surface area contributed by atoms with Gasteiger partial charge in [0.1, 0.15) is 5.75 Å². The monoisotopic (exact) mass is 248 g/mol. The highest BCUT2D eigenvalue weighted by atomic mass is 16.3. The number of phenolic OH excluding ortho intramolecular Hbond substituents is 1. The van der Waals surface area contributed by atoms with E-state index in [2.05, 4.69) is 0 Å². The van der Waals surface area contributed by atoms with Crippen molar-refractivity contribution in [3.05, 3.63) is 24.3 Å². The second kappa shape index (κ2) is 4.98. The Hall–Kier alpha value is -1.55. The highest BCUT2D eigenvalue weighted by Gasteiger charge is 2.45. The van der Waals surface area contributed by atoms with Crippen molar-refractivity contribution in [2.45, 2.75) is 26.2 Å². The molecule has 4 heteroatoms. The SMILES string of the molecule is CCN(C(=O)C1(CN)CCC1)c1cccc(O)c1. The lowest BCUT2D eigenvalue weighted by atomic mass is 9.67. The molecule has 2 rings (SSSR count). The summed E-state index contributed by atoms with van der Waals surface area (Å²) in [5.74, 6) is 0.263. The van der Waals surface area contributed by atoms with Crippen LogP contribution in [0.25, 0.3) is 0 Å². The number of rotatable bonds is 4. The maximum atomic E-state index is 12.6. The Balaban J connectivity index is 2.26. The Morgan fingerprint density at radius 2 is 2.22 bits per heavy atom. The summed E-state index contributed by atoms with van der Waals surface area (Å²) in [7, 11) is 0. The van der Waals surface area contributed by atoms with Crippen LogP contribution in [0.3, 0.4) is 0 Å². The molecular formula is C14H20N2O2. The van der Waals surface area contributed by atoms with Crippen LogP contribution in [0.15, 0.2) is 24.3 Å². The number of aromatic hydroxyl groups is 1. The number of carbonyl (C=O) groups is 1. The van der Waals surface area contributed by atoms with E-state index >= 15 is 0 Å². The molecule has 0 radical (unpaired) electrons. The smallest absolute Gasteiger partial charge is 0.234 e. The van der Waals surface area contributed by atoms with E-state index in [-0.39, 0.29) is 17.1 Å². The number of phenols is 1. The molecule has 0 spiro atoms. The first-order valence-corrected chi connectivity index (χ1v) is 6.44. The summed E-state index contributed by atoms with van der Waals surface area (Å²) in [6, 6.07) is 6.80. The Morgan fingerprint density at radius 1 is 1.50 bits per heavy atom. The van der Waals surface area contributed by atoms with Crippen LogP contribution in [0.5, 0.6) is 5.75 Å². The number of nitrogens with two attached hydrogens (primary N) is 1. The Morgan fingerprint density at radius 3 is 2.67 bits per heavy atom. The van der Waals surface area contributed by atoms with Crippen LogP contribution >= 0.6 is 0 Å². The van der Waals surface area contributed by atoms with Gasteiger partial charge in [-0.2, -0.15) is 0 Å². The van der Waals surface area contributed by atoms with Crippen molar-refractivity contribution in [2.24, 2.45) is 11.1 Å². The molecule has 0 bridgehead atoms. The van der Waals surface area contributed by atoms with Gasteiger partial charge in [-0.3, -0.25) is 4.79 Å². The number of amides is 1. The molecule has 1 aromatic rings. The molecule has 1 fully saturated rings. The van der Waals surface area contributed by atoms with Gasteiger partial charge in [-0.1, -0.05) is 12.5 Å². The van der Waals surface area contributed by atoms with E-state index in [4.69, 9.17) is 5.73 Å². The summed E-state index contributed by atoms with van der Waals surface area (Å²) in [5, 5.41) is 9.51. The van der Waals surface area contributed by atoms with Crippen LogP contribution in [-0.2, 0) is 4.79 Å². The van der Waals surface area contributed by atoms with Crippen LogP contribution in [0.4, 0.5) is 5.69 Å². The lowest BCUT2D eigenvalue weighted by molar-refractivity contribution is -0.132. The summed E-state index contributed by atoms with van der Waals surface area (Å²) < 4.78 is 0. The molecule has 1 aliphatic carbocycles. The van der Waals surface area contributed by atoms with E-state index in [0.29, 0.717) is 13.1 Å². The fraction of sp³-hybridized carbons (Fsp3) is 0.500. The van der Waals surface area contributed by atoms with Gasteiger partial charge in [0.05, 0.1) is 5.41 Å². The molecule has 0 saturated heterocycles. The van der Waals surface area contributed by atoms with Gasteiger partial charge in [0, 0.05) is 24.8 Å². The lowest BCUT2D eigenvalue weighted by Gasteiger charge is -2.42. The van der Waals surface area contributed by atoms with Crippen molar-refractivity contribution in [3.63, 3.8) is 0 Å².